The number of nitrogens with zero attached hydrogens (tertiary/aromatic N) is 3. The second kappa shape index (κ2) is 6.35. The highest BCUT2D eigenvalue weighted by atomic mass is 16.5. The fourth-order valence-electron chi connectivity index (χ4n) is 2.16. The molecule has 3 aromatic rings. The molecule has 110 valence electrons. The Morgan fingerprint density at radius 1 is 0.773 bits per heavy atom. The Labute approximate surface area is 129 Å². The molecule has 1 aromatic heterocycles. The third-order valence-electron chi connectivity index (χ3n) is 3.38. The average Bonchev–Trinajstić information content (AvgIpc) is 2.62. The average molecular weight is 291 g/mol. The molecule has 0 radical (unpaired) electrons. The Balaban J connectivity index is 2.07. The predicted molar refractivity (Wildman–Crippen MR) is 86.6 cm³/mol. The molecule has 0 unspecified atom stereocenters. The minimum atomic E-state index is 0.688. The van der Waals surface area contributed by atoms with Gasteiger partial charge in [0.1, 0.15) is 11.6 Å². The molecule has 0 aliphatic heterocycles. The van der Waals surface area contributed by atoms with Gasteiger partial charge in [0.2, 0.25) is 0 Å². The van der Waals surface area contributed by atoms with Crippen molar-refractivity contribution in [1.82, 2.24) is 15.0 Å². The number of hydrogen-bond acceptors (Lipinski definition) is 4. The highest BCUT2D eigenvalue weighted by molar-refractivity contribution is 5.61. The van der Waals surface area contributed by atoms with Crippen LogP contribution in [0.25, 0.3) is 22.8 Å². The molecule has 2 aromatic carbocycles. The molecule has 0 bridgehead atoms. The van der Waals surface area contributed by atoms with E-state index >= 15 is 0 Å². The van der Waals surface area contributed by atoms with E-state index in [1.165, 1.54) is 0 Å². The summed E-state index contributed by atoms with van der Waals surface area (Å²) >= 11 is 0. The highest BCUT2D eigenvalue weighted by Crippen LogP contribution is 2.22. The van der Waals surface area contributed by atoms with Gasteiger partial charge in [-0.3, -0.25) is 0 Å². The van der Waals surface area contributed by atoms with Crippen LogP contribution in [0.2, 0.25) is 0 Å². The van der Waals surface area contributed by atoms with Crippen LogP contribution in [0, 0.1) is 0 Å². The molecule has 0 saturated heterocycles. The van der Waals surface area contributed by atoms with Crippen LogP contribution in [0.15, 0.2) is 54.6 Å². The van der Waals surface area contributed by atoms with E-state index in [0.29, 0.717) is 11.6 Å². The Morgan fingerprint density at radius 3 is 1.91 bits per heavy atom. The molecule has 0 saturated carbocycles. The van der Waals surface area contributed by atoms with Crippen molar-refractivity contribution in [3.8, 4) is 28.5 Å². The van der Waals surface area contributed by atoms with Gasteiger partial charge in [-0.25, -0.2) is 15.0 Å². The second-order valence-electron chi connectivity index (χ2n) is 4.85. The summed E-state index contributed by atoms with van der Waals surface area (Å²) in [5.74, 6) is 3.00. The molecular weight excluding hydrogens is 274 g/mol. The minimum absolute atomic E-state index is 0.688. The van der Waals surface area contributed by atoms with E-state index in [2.05, 4.69) is 15.0 Å². The van der Waals surface area contributed by atoms with Crippen LogP contribution in [0.5, 0.6) is 5.75 Å². The maximum absolute atomic E-state index is 5.19. The summed E-state index contributed by atoms with van der Waals surface area (Å²) in [5.41, 5.74) is 1.95. The molecule has 0 aliphatic carbocycles. The molecule has 0 spiro atoms. The van der Waals surface area contributed by atoms with Gasteiger partial charge < -0.3 is 4.74 Å². The van der Waals surface area contributed by atoms with Crippen molar-refractivity contribution in [2.45, 2.75) is 13.3 Å². The molecule has 3 rings (SSSR count). The SMILES string of the molecule is CCc1nc(-c2ccccc2)nc(-c2ccc(OC)cc2)n1. The first kappa shape index (κ1) is 14.2. The van der Waals surface area contributed by atoms with Gasteiger partial charge in [0.15, 0.2) is 11.6 Å². The summed E-state index contributed by atoms with van der Waals surface area (Å²) in [4.78, 5) is 13.7. The Kier molecular flexibility index (Phi) is 4.10. The molecule has 1 heterocycles. The fourth-order valence-corrected chi connectivity index (χ4v) is 2.16. The molecule has 0 amide bonds. The number of aryl methyl sites for hydroxylation is 1. The largest absolute Gasteiger partial charge is 0.497 e. The van der Waals surface area contributed by atoms with Gasteiger partial charge in [0.25, 0.3) is 0 Å². The minimum Gasteiger partial charge on any atom is -0.497 e. The molecule has 0 atom stereocenters. The lowest BCUT2D eigenvalue weighted by molar-refractivity contribution is 0.415. The van der Waals surface area contributed by atoms with Crippen molar-refractivity contribution in [1.29, 1.82) is 0 Å². The number of ether oxygens (including phenoxy) is 1. The summed E-state index contributed by atoms with van der Waals surface area (Å²) in [6, 6.07) is 17.7. The topological polar surface area (TPSA) is 47.9 Å². The Morgan fingerprint density at radius 2 is 1.36 bits per heavy atom. The first-order valence-corrected chi connectivity index (χ1v) is 7.25. The van der Waals surface area contributed by atoms with Gasteiger partial charge in [0.05, 0.1) is 7.11 Å². The normalized spacial score (nSPS) is 10.5. The summed E-state index contributed by atoms with van der Waals surface area (Å²) in [7, 11) is 1.65. The van der Waals surface area contributed by atoms with E-state index in [4.69, 9.17) is 4.74 Å². The van der Waals surface area contributed by atoms with Crippen molar-refractivity contribution in [3.05, 3.63) is 60.4 Å². The molecular formula is C18H17N3O. The van der Waals surface area contributed by atoms with E-state index in [1.807, 2.05) is 61.5 Å². The highest BCUT2D eigenvalue weighted by Gasteiger charge is 2.09. The zero-order chi connectivity index (χ0) is 15.4. The van der Waals surface area contributed by atoms with Gasteiger partial charge in [-0.1, -0.05) is 37.3 Å². The number of hydrogen-bond donors (Lipinski definition) is 0. The van der Waals surface area contributed by atoms with Crippen molar-refractivity contribution in [2.24, 2.45) is 0 Å². The lowest BCUT2D eigenvalue weighted by Gasteiger charge is -2.07. The summed E-state index contributed by atoms with van der Waals surface area (Å²) < 4.78 is 5.19. The molecule has 0 N–H and O–H groups in total. The van der Waals surface area contributed by atoms with Gasteiger partial charge in [-0.05, 0) is 24.3 Å². The lowest BCUT2D eigenvalue weighted by Crippen LogP contribution is -2.02. The zero-order valence-electron chi connectivity index (χ0n) is 12.7. The third-order valence-corrected chi connectivity index (χ3v) is 3.38. The van der Waals surface area contributed by atoms with E-state index in [9.17, 15) is 0 Å². The molecule has 22 heavy (non-hydrogen) atoms. The summed E-state index contributed by atoms with van der Waals surface area (Å²) in [5, 5.41) is 0. The van der Waals surface area contributed by atoms with Gasteiger partial charge in [0, 0.05) is 17.5 Å². The van der Waals surface area contributed by atoms with Crippen molar-refractivity contribution >= 4 is 0 Å². The summed E-state index contributed by atoms with van der Waals surface area (Å²) in [6.45, 7) is 2.04. The van der Waals surface area contributed by atoms with E-state index in [-0.39, 0.29) is 0 Å². The zero-order valence-corrected chi connectivity index (χ0v) is 12.7. The molecule has 4 nitrogen and oxygen atoms in total. The van der Waals surface area contributed by atoms with Crippen molar-refractivity contribution < 1.29 is 4.74 Å². The molecule has 0 aliphatic rings. The molecule has 0 fully saturated rings. The van der Waals surface area contributed by atoms with Crippen LogP contribution in [0.1, 0.15) is 12.7 Å². The fraction of sp³-hybridized carbons (Fsp3) is 0.167. The van der Waals surface area contributed by atoms with E-state index in [0.717, 1.165) is 29.1 Å². The van der Waals surface area contributed by atoms with Gasteiger partial charge in [-0.2, -0.15) is 0 Å². The lowest BCUT2D eigenvalue weighted by atomic mass is 10.2. The maximum atomic E-state index is 5.19. The van der Waals surface area contributed by atoms with Crippen LogP contribution in [0.3, 0.4) is 0 Å². The first-order valence-electron chi connectivity index (χ1n) is 7.25. The maximum Gasteiger partial charge on any atom is 0.163 e. The number of aromatic nitrogens is 3. The van der Waals surface area contributed by atoms with Crippen LogP contribution in [-0.4, -0.2) is 22.1 Å². The Hall–Kier alpha value is -2.75. The standard InChI is InChI=1S/C18H17N3O/c1-3-16-19-17(13-7-5-4-6-8-13)21-18(20-16)14-9-11-15(22-2)12-10-14/h4-12H,3H2,1-2H3. The number of rotatable bonds is 4. The monoisotopic (exact) mass is 291 g/mol. The molecule has 4 heteroatoms. The predicted octanol–water partition coefficient (Wildman–Crippen LogP) is 3.78. The van der Waals surface area contributed by atoms with Crippen LogP contribution in [0.4, 0.5) is 0 Å². The quantitative estimate of drug-likeness (QED) is 0.734. The smallest absolute Gasteiger partial charge is 0.163 e. The van der Waals surface area contributed by atoms with E-state index in [1.54, 1.807) is 7.11 Å². The third kappa shape index (κ3) is 2.96. The first-order chi connectivity index (χ1) is 10.8. The van der Waals surface area contributed by atoms with Crippen molar-refractivity contribution in [2.75, 3.05) is 7.11 Å². The van der Waals surface area contributed by atoms with Gasteiger partial charge >= 0.3 is 0 Å². The van der Waals surface area contributed by atoms with Crippen LogP contribution < -0.4 is 4.74 Å². The van der Waals surface area contributed by atoms with E-state index < -0.39 is 0 Å². The van der Waals surface area contributed by atoms with Crippen molar-refractivity contribution in [3.63, 3.8) is 0 Å². The Bertz CT molecular complexity index is 755. The number of methoxy groups -OCH3 is 1. The van der Waals surface area contributed by atoms with Crippen LogP contribution in [-0.2, 0) is 6.42 Å². The van der Waals surface area contributed by atoms with Crippen LogP contribution >= 0.6 is 0 Å². The summed E-state index contributed by atoms with van der Waals surface area (Å²) in [6.07, 6.45) is 0.769. The van der Waals surface area contributed by atoms with Gasteiger partial charge in [-0.15, -0.1) is 0 Å². The second-order valence-corrected chi connectivity index (χ2v) is 4.85. The number of benzene rings is 2.